The number of hydrogen-bond acceptors (Lipinski definition) is 2. The number of nitrogens with one attached hydrogen (secondary N) is 1. The first kappa shape index (κ1) is 16.6. The number of benzene rings is 2. The fourth-order valence-electron chi connectivity index (χ4n) is 3.65. The second-order valence-electron chi connectivity index (χ2n) is 6.59. The first-order chi connectivity index (χ1) is 12.3. The van der Waals surface area contributed by atoms with Crippen LogP contribution >= 0.6 is 11.6 Å². The van der Waals surface area contributed by atoms with Crippen LogP contribution < -0.4 is 0 Å². The van der Waals surface area contributed by atoms with Crippen molar-refractivity contribution < 1.29 is 4.74 Å². The maximum atomic E-state index is 6.22. The molecule has 1 aliphatic rings. The van der Waals surface area contributed by atoms with Gasteiger partial charge < -0.3 is 9.72 Å². The standard InChI is InChI=1S/C21H23ClN2O/c22-17-6-3-5-16(15-17)21-19(18-7-1-2-9-20(18)23-21)8-4-10-24-11-13-25-14-12-24/h1-3,5-7,9,15,23H,4,8,10-14H2. The molecule has 2 aromatic carbocycles. The molecule has 0 atom stereocenters. The summed E-state index contributed by atoms with van der Waals surface area (Å²) in [5.74, 6) is 0. The molecule has 2 heterocycles. The molecule has 1 aromatic heterocycles. The summed E-state index contributed by atoms with van der Waals surface area (Å²) >= 11 is 6.22. The van der Waals surface area contributed by atoms with Crippen molar-refractivity contribution in [3.8, 4) is 11.3 Å². The number of morpholine rings is 1. The largest absolute Gasteiger partial charge is 0.379 e. The molecule has 0 unspecified atom stereocenters. The molecular formula is C21H23ClN2O. The van der Waals surface area contributed by atoms with Gasteiger partial charge in [-0.2, -0.15) is 0 Å². The van der Waals surface area contributed by atoms with Gasteiger partial charge in [0.2, 0.25) is 0 Å². The smallest absolute Gasteiger partial charge is 0.0594 e. The Morgan fingerprint density at radius 1 is 1.04 bits per heavy atom. The van der Waals surface area contributed by atoms with Gasteiger partial charge in [-0.3, -0.25) is 4.90 Å². The molecular weight excluding hydrogens is 332 g/mol. The highest BCUT2D eigenvalue weighted by Crippen LogP contribution is 2.32. The van der Waals surface area contributed by atoms with E-state index in [1.54, 1.807) is 0 Å². The Bertz CT molecular complexity index is 852. The molecule has 3 nitrogen and oxygen atoms in total. The van der Waals surface area contributed by atoms with Crippen LogP contribution in [0.1, 0.15) is 12.0 Å². The van der Waals surface area contributed by atoms with Crippen LogP contribution in [0.4, 0.5) is 0 Å². The van der Waals surface area contributed by atoms with E-state index in [9.17, 15) is 0 Å². The van der Waals surface area contributed by atoms with E-state index < -0.39 is 0 Å². The van der Waals surface area contributed by atoms with Crippen LogP contribution in [0, 0.1) is 0 Å². The molecule has 1 aliphatic heterocycles. The van der Waals surface area contributed by atoms with E-state index in [2.05, 4.69) is 40.2 Å². The van der Waals surface area contributed by atoms with Crippen molar-refractivity contribution in [1.82, 2.24) is 9.88 Å². The van der Waals surface area contributed by atoms with Crippen molar-refractivity contribution in [3.05, 3.63) is 59.1 Å². The minimum atomic E-state index is 0.774. The number of rotatable bonds is 5. The minimum Gasteiger partial charge on any atom is -0.379 e. The number of ether oxygens (including phenoxy) is 1. The Morgan fingerprint density at radius 3 is 2.72 bits per heavy atom. The molecule has 0 aliphatic carbocycles. The number of H-pyrrole nitrogens is 1. The third-order valence-electron chi connectivity index (χ3n) is 4.93. The van der Waals surface area contributed by atoms with Gasteiger partial charge in [-0.15, -0.1) is 0 Å². The van der Waals surface area contributed by atoms with Crippen LogP contribution in [-0.4, -0.2) is 42.7 Å². The second-order valence-corrected chi connectivity index (χ2v) is 7.03. The van der Waals surface area contributed by atoms with Crippen LogP contribution in [0.15, 0.2) is 48.5 Å². The Kier molecular flexibility index (Phi) is 5.07. The quantitative estimate of drug-likeness (QED) is 0.716. The number of aryl methyl sites for hydroxylation is 1. The van der Waals surface area contributed by atoms with Crippen LogP contribution in [0.25, 0.3) is 22.2 Å². The Hall–Kier alpha value is -1.81. The van der Waals surface area contributed by atoms with Gasteiger partial charge in [0, 0.05) is 34.7 Å². The summed E-state index contributed by atoms with van der Waals surface area (Å²) in [4.78, 5) is 6.10. The second kappa shape index (κ2) is 7.61. The third kappa shape index (κ3) is 3.74. The molecule has 25 heavy (non-hydrogen) atoms. The first-order valence-corrected chi connectivity index (χ1v) is 9.35. The predicted molar refractivity (Wildman–Crippen MR) is 104 cm³/mol. The molecule has 0 amide bonds. The zero-order valence-electron chi connectivity index (χ0n) is 14.3. The molecule has 0 saturated carbocycles. The van der Waals surface area contributed by atoms with Gasteiger partial charge in [0.1, 0.15) is 0 Å². The molecule has 0 radical (unpaired) electrons. The summed E-state index contributed by atoms with van der Waals surface area (Å²) in [5, 5.41) is 2.09. The highest BCUT2D eigenvalue weighted by molar-refractivity contribution is 6.30. The summed E-state index contributed by atoms with van der Waals surface area (Å²) in [6.07, 6.45) is 2.21. The molecule has 4 rings (SSSR count). The lowest BCUT2D eigenvalue weighted by Gasteiger charge is -2.26. The average Bonchev–Trinajstić information content (AvgIpc) is 3.02. The highest BCUT2D eigenvalue weighted by Gasteiger charge is 2.15. The van der Waals surface area contributed by atoms with E-state index in [0.717, 1.165) is 56.3 Å². The Morgan fingerprint density at radius 2 is 1.88 bits per heavy atom. The van der Waals surface area contributed by atoms with Gasteiger partial charge in [0.05, 0.1) is 13.2 Å². The lowest BCUT2D eigenvalue weighted by molar-refractivity contribution is 0.0375. The van der Waals surface area contributed by atoms with Gasteiger partial charge >= 0.3 is 0 Å². The molecule has 4 heteroatoms. The normalized spacial score (nSPS) is 15.7. The van der Waals surface area contributed by atoms with Gasteiger partial charge in [0.15, 0.2) is 0 Å². The van der Waals surface area contributed by atoms with E-state index in [-0.39, 0.29) is 0 Å². The average molecular weight is 355 g/mol. The van der Waals surface area contributed by atoms with Crippen LogP contribution in [0.5, 0.6) is 0 Å². The van der Waals surface area contributed by atoms with Crippen LogP contribution in [0.2, 0.25) is 5.02 Å². The van der Waals surface area contributed by atoms with E-state index in [0.29, 0.717) is 0 Å². The molecule has 3 aromatic rings. The Balaban J connectivity index is 1.60. The number of aromatic nitrogens is 1. The molecule has 1 saturated heterocycles. The number of aromatic amines is 1. The van der Waals surface area contributed by atoms with Crippen molar-refractivity contribution in [3.63, 3.8) is 0 Å². The summed E-state index contributed by atoms with van der Waals surface area (Å²) in [6, 6.07) is 16.7. The van der Waals surface area contributed by atoms with E-state index in [1.165, 1.54) is 22.2 Å². The summed E-state index contributed by atoms with van der Waals surface area (Å²) in [5.41, 5.74) is 4.95. The van der Waals surface area contributed by atoms with Crippen molar-refractivity contribution in [2.45, 2.75) is 12.8 Å². The third-order valence-corrected chi connectivity index (χ3v) is 5.17. The monoisotopic (exact) mass is 354 g/mol. The van der Waals surface area contributed by atoms with Gasteiger partial charge in [-0.05, 0) is 48.7 Å². The fraction of sp³-hybridized carbons (Fsp3) is 0.333. The SMILES string of the molecule is Clc1cccc(-c2[nH]c3ccccc3c2CCCN2CCOCC2)c1. The van der Waals surface area contributed by atoms with Crippen molar-refractivity contribution in [2.24, 2.45) is 0 Å². The van der Waals surface area contributed by atoms with Gasteiger partial charge in [0.25, 0.3) is 0 Å². The zero-order chi connectivity index (χ0) is 17.1. The number of halogens is 1. The van der Waals surface area contributed by atoms with Crippen molar-refractivity contribution in [1.29, 1.82) is 0 Å². The topological polar surface area (TPSA) is 28.3 Å². The molecule has 0 bridgehead atoms. The summed E-state index contributed by atoms with van der Waals surface area (Å²) < 4.78 is 5.44. The minimum absolute atomic E-state index is 0.774. The van der Waals surface area contributed by atoms with Crippen LogP contribution in [-0.2, 0) is 11.2 Å². The number of para-hydroxylation sites is 1. The predicted octanol–water partition coefficient (Wildman–Crippen LogP) is 4.75. The van der Waals surface area contributed by atoms with Crippen molar-refractivity contribution >= 4 is 22.5 Å². The van der Waals surface area contributed by atoms with E-state index in [1.807, 2.05) is 18.2 Å². The lowest BCUT2D eigenvalue weighted by Crippen LogP contribution is -2.36. The number of hydrogen-bond donors (Lipinski definition) is 1. The first-order valence-electron chi connectivity index (χ1n) is 8.97. The van der Waals surface area contributed by atoms with E-state index >= 15 is 0 Å². The van der Waals surface area contributed by atoms with Crippen LogP contribution in [0.3, 0.4) is 0 Å². The molecule has 1 N–H and O–H groups in total. The number of fused-ring (bicyclic) bond motifs is 1. The van der Waals surface area contributed by atoms with Crippen molar-refractivity contribution in [2.75, 3.05) is 32.8 Å². The molecule has 1 fully saturated rings. The Labute approximate surface area is 153 Å². The number of nitrogens with zero attached hydrogens (tertiary/aromatic N) is 1. The van der Waals surface area contributed by atoms with Gasteiger partial charge in [-0.1, -0.05) is 41.9 Å². The summed E-state index contributed by atoms with van der Waals surface area (Å²) in [7, 11) is 0. The molecule has 0 spiro atoms. The lowest BCUT2D eigenvalue weighted by atomic mass is 10.0. The fourth-order valence-corrected chi connectivity index (χ4v) is 3.84. The highest BCUT2D eigenvalue weighted by atomic mass is 35.5. The summed E-state index contributed by atoms with van der Waals surface area (Å²) in [6.45, 7) is 4.95. The molecule has 130 valence electrons. The van der Waals surface area contributed by atoms with Gasteiger partial charge in [-0.25, -0.2) is 0 Å². The van der Waals surface area contributed by atoms with E-state index in [4.69, 9.17) is 16.3 Å². The maximum absolute atomic E-state index is 6.22. The maximum Gasteiger partial charge on any atom is 0.0594 e. The zero-order valence-corrected chi connectivity index (χ0v) is 15.1.